The normalized spacial score (nSPS) is 16.6. The Morgan fingerprint density at radius 2 is 1.51 bits per heavy atom. The lowest BCUT2D eigenvalue weighted by molar-refractivity contribution is -0.121. The molecule has 1 heterocycles. The molecule has 1 atom stereocenters. The molecular weight excluding hydrogens is 504 g/mol. The largest absolute Gasteiger partial charge is 0.495 e. The number of carbonyl (C=O) groups is 2. The summed E-state index contributed by atoms with van der Waals surface area (Å²) in [4.78, 5) is 27.7. The van der Waals surface area contributed by atoms with Gasteiger partial charge in [0.05, 0.1) is 40.7 Å². The Morgan fingerprint density at radius 1 is 0.923 bits per heavy atom. The minimum atomic E-state index is -1.01. The van der Waals surface area contributed by atoms with Crippen molar-refractivity contribution >= 4 is 29.8 Å². The monoisotopic (exact) mass is 542 g/mol. The van der Waals surface area contributed by atoms with E-state index < -0.39 is 29.4 Å². The van der Waals surface area contributed by atoms with E-state index in [0.717, 1.165) is 11.1 Å². The molecule has 10 nitrogen and oxygen atoms in total. The van der Waals surface area contributed by atoms with Crippen molar-refractivity contribution in [3.05, 3.63) is 41.5 Å². The average Bonchev–Trinajstić information content (AvgIpc) is 3.20. The molecule has 212 valence electrons. The Labute approximate surface area is 229 Å². The Kier molecular flexibility index (Phi) is 9.01. The van der Waals surface area contributed by atoms with Crippen LogP contribution < -0.4 is 24.3 Å². The lowest BCUT2D eigenvalue weighted by Crippen LogP contribution is -2.53. The number of hydrogen-bond acceptors (Lipinski definition) is 8. The Hall–Kier alpha value is -3.92. The van der Waals surface area contributed by atoms with Gasteiger partial charge in [0.15, 0.2) is 11.5 Å². The van der Waals surface area contributed by atoms with Gasteiger partial charge in [-0.1, -0.05) is 18.2 Å². The molecule has 2 aromatic rings. The zero-order chi connectivity index (χ0) is 29.0. The van der Waals surface area contributed by atoms with Crippen molar-refractivity contribution in [3.8, 4) is 23.0 Å². The van der Waals surface area contributed by atoms with Crippen molar-refractivity contribution < 1.29 is 38.0 Å². The second kappa shape index (κ2) is 11.9. The molecule has 2 amide bonds. The highest BCUT2D eigenvalue weighted by Crippen LogP contribution is 2.39. The fourth-order valence-corrected chi connectivity index (χ4v) is 4.19. The molecule has 0 radical (unpaired) electrons. The van der Waals surface area contributed by atoms with Crippen molar-refractivity contribution in [2.75, 3.05) is 40.4 Å². The van der Waals surface area contributed by atoms with Gasteiger partial charge in [0.25, 0.3) is 0 Å². The lowest BCUT2D eigenvalue weighted by Gasteiger charge is -2.34. The fourth-order valence-electron chi connectivity index (χ4n) is 4.19. The number of carbonyl (C=O) groups excluding carboxylic acids is 2. The molecule has 1 saturated heterocycles. The number of rotatable bonds is 8. The van der Waals surface area contributed by atoms with Gasteiger partial charge in [-0.2, -0.15) is 0 Å². The molecule has 0 aliphatic carbocycles. The van der Waals surface area contributed by atoms with Crippen molar-refractivity contribution in [2.45, 2.75) is 52.0 Å². The van der Waals surface area contributed by atoms with Crippen LogP contribution in [0.15, 0.2) is 30.3 Å². The van der Waals surface area contributed by atoms with Crippen LogP contribution in [0, 0.1) is 0 Å². The van der Waals surface area contributed by atoms with Gasteiger partial charge in [-0.05, 0) is 70.0 Å². The third kappa shape index (κ3) is 6.94. The maximum atomic E-state index is 13.4. The van der Waals surface area contributed by atoms with Crippen LogP contribution in [0.3, 0.4) is 0 Å². The summed E-state index contributed by atoms with van der Waals surface area (Å²) in [6, 6.07) is 8.17. The van der Waals surface area contributed by atoms with Crippen LogP contribution in [0.1, 0.15) is 45.7 Å². The summed E-state index contributed by atoms with van der Waals surface area (Å²) in [6.07, 6.45) is 3.14. The van der Waals surface area contributed by atoms with Gasteiger partial charge in [-0.3, -0.25) is 9.69 Å². The van der Waals surface area contributed by atoms with Crippen molar-refractivity contribution in [2.24, 2.45) is 0 Å². The Morgan fingerprint density at radius 3 is 2.05 bits per heavy atom. The smallest absolute Gasteiger partial charge is 0.413 e. The van der Waals surface area contributed by atoms with Crippen LogP contribution in [0.5, 0.6) is 23.0 Å². The summed E-state index contributed by atoms with van der Waals surface area (Å²) >= 11 is 0. The highest BCUT2D eigenvalue weighted by atomic mass is 16.6. The molecule has 1 N–H and O–H groups in total. The second-order valence-corrected chi connectivity index (χ2v) is 10.4. The number of methoxy groups -OCH3 is 4. The number of nitrogens with one attached hydrogen (secondary N) is 1. The summed E-state index contributed by atoms with van der Waals surface area (Å²) in [5.41, 5.74) is 0.331. The average molecular weight is 543 g/mol. The van der Waals surface area contributed by atoms with Gasteiger partial charge in [-0.25, -0.2) is 4.79 Å². The predicted octanol–water partition coefficient (Wildman–Crippen LogP) is 5.20. The first-order chi connectivity index (χ1) is 18.3. The minimum absolute atomic E-state index is 0.0289. The first kappa shape index (κ1) is 29.6. The molecule has 0 aromatic heterocycles. The van der Waals surface area contributed by atoms with E-state index in [-0.39, 0.29) is 6.61 Å². The van der Waals surface area contributed by atoms with Crippen LogP contribution in [0.4, 0.5) is 10.5 Å². The molecule has 10 heteroatoms. The number of benzene rings is 2. The van der Waals surface area contributed by atoms with E-state index in [1.807, 2.05) is 30.4 Å². The van der Waals surface area contributed by atoms with E-state index in [0.29, 0.717) is 28.7 Å². The van der Waals surface area contributed by atoms with E-state index >= 15 is 0 Å². The van der Waals surface area contributed by atoms with E-state index in [2.05, 4.69) is 5.32 Å². The Balaban J connectivity index is 1.86. The summed E-state index contributed by atoms with van der Waals surface area (Å²) in [5, 5.41) is 2.90. The third-order valence-electron chi connectivity index (χ3n) is 6.02. The van der Waals surface area contributed by atoms with Gasteiger partial charge in [0.1, 0.15) is 23.1 Å². The first-order valence-electron chi connectivity index (χ1n) is 12.5. The Bertz CT molecular complexity index is 1210. The van der Waals surface area contributed by atoms with Crippen molar-refractivity contribution in [1.82, 2.24) is 4.90 Å². The maximum absolute atomic E-state index is 13.4. The van der Waals surface area contributed by atoms with E-state index in [1.165, 1.54) is 12.0 Å². The molecule has 1 aliphatic heterocycles. The summed E-state index contributed by atoms with van der Waals surface area (Å²) < 4.78 is 33.0. The predicted molar refractivity (Wildman–Crippen MR) is 149 cm³/mol. The van der Waals surface area contributed by atoms with E-state index in [4.69, 9.17) is 28.4 Å². The summed E-state index contributed by atoms with van der Waals surface area (Å²) in [5.74, 6) is 1.63. The molecule has 0 spiro atoms. The minimum Gasteiger partial charge on any atom is -0.495 e. The van der Waals surface area contributed by atoms with Crippen LogP contribution in [-0.4, -0.2) is 69.3 Å². The topological polar surface area (TPSA) is 105 Å². The van der Waals surface area contributed by atoms with Crippen molar-refractivity contribution in [3.63, 3.8) is 0 Å². The van der Waals surface area contributed by atoms with Gasteiger partial charge >= 0.3 is 6.09 Å². The molecule has 0 bridgehead atoms. The summed E-state index contributed by atoms with van der Waals surface area (Å²) in [6.45, 7) is 8.78. The highest BCUT2D eigenvalue weighted by Gasteiger charge is 2.48. The van der Waals surface area contributed by atoms with Gasteiger partial charge in [0.2, 0.25) is 11.7 Å². The number of amides is 2. The molecule has 1 fully saturated rings. The van der Waals surface area contributed by atoms with Gasteiger partial charge < -0.3 is 33.7 Å². The fraction of sp³-hybridized carbons (Fsp3) is 0.448. The zero-order valence-corrected chi connectivity index (χ0v) is 24.0. The summed E-state index contributed by atoms with van der Waals surface area (Å²) in [7, 11) is 6.19. The van der Waals surface area contributed by atoms with Gasteiger partial charge in [-0.15, -0.1) is 0 Å². The highest BCUT2D eigenvalue weighted by molar-refractivity contribution is 5.98. The van der Waals surface area contributed by atoms with Crippen LogP contribution in [0.2, 0.25) is 0 Å². The van der Waals surface area contributed by atoms with Crippen LogP contribution in [0.25, 0.3) is 12.2 Å². The number of ether oxygens (including phenoxy) is 6. The van der Waals surface area contributed by atoms with Crippen molar-refractivity contribution in [1.29, 1.82) is 0 Å². The van der Waals surface area contributed by atoms with Gasteiger partial charge in [0, 0.05) is 0 Å². The molecule has 2 aromatic carbocycles. The number of anilines is 1. The van der Waals surface area contributed by atoms with E-state index in [9.17, 15) is 9.59 Å². The molecule has 1 aliphatic rings. The first-order valence-corrected chi connectivity index (χ1v) is 12.5. The van der Waals surface area contributed by atoms with E-state index in [1.54, 1.807) is 68.1 Å². The zero-order valence-electron chi connectivity index (χ0n) is 24.0. The quantitative estimate of drug-likeness (QED) is 0.454. The number of nitrogens with zero attached hydrogens (tertiary/aromatic N) is 1. The lowest BCUT2D eigenvalue weighted by atomic mass is 10.1. The molecule has 1 unspecified atom stereocenters. The molecule has 0 saturated carbocycles. The third-order valence-corrected chi connectivity index (χ3v) is 6.02. The van der Waals surface area contributed by atoms with Crippen LogP contribution >= 0.6 is 0 Å². The van der Waals surface area contributed by atoms with Crippen LogP contribution in [-0.2, 0) is 14.3 Å². The standard InChI is InChI=1S/C29H38N2O8/c1-28(2,3)39-27(33)31-21(17-38-29(31,4)5)26(32)30-20-14-18(12-13-22(20)34-6)10-11-19-15-23(35-7)25(37-9)24(16-19)36-8/h10-16,21H,17H2,1-9H3,(H,30,32)/b11-10-. The molecule has 3 rings (SSSR count). The maximum Gasteiger partial charge on any atom is 0.413 e. The number of hydrogen-bond donors (Lipinski definition) is 1. The SMILES string of the molecule is COc1ccc(/C=C\c2cc(OC)c(OC)c(OC)c2)cc1NC(=O)C1COC(C)(C)N1C(=O)OC(C)(C)C. The second-order valence-electron chi connectivity index (χ2n) is 10.4. The molecule has 39 heavy (non-hydrogen) atoms. The molecular formula is C29H38N2O8.